The number of hydrogen-bond acceptors (Lipinski definition) is 6. The van der Waals surface area contributed by atoms with E-state index in [1.165, 1.54) is 22.3 Å². The van der Waals surface area contributed by atoms with Crippen LogP contribution in [0.5, 0.6) is 17.8 Å². The van der Waals surface area contributed by atoms with Crippen molar-refractivity contribution in [3.8, 4) is 28.9 Å². The van der Waals surface area contributed by atoms with Gasteiger partial charge >= 0.3 is 6.01 Å². The van der Waals surface area contributed by atoms with Gasteiger partial charge in [0.15, 0.2) is 0 Å². The van der Waals surface area contributed by atoms with E-state index in [2.05, 4.69) is 60.7 Å². The quantitative estimate of drug-likeness (QED) is 0.193. The third kappa shape index (κ3) is 11.0. The summed E-state index contributed by atoms with van der Waals surface area (Å²) in [6.07, 6.45) is 3.94. The molecule has 44 heavy (non-hydrogen) atoms. The predicted molar refractivity (Wildman–Crippen MR) is 184 cm³/mol. The van der Waals surface area contributed by atoms with Crippen molar-refractivity contribution >= 4 is 5.57 Å². The van der Waals surface area contributed by atoms with Crippen LogP contribution < -0.4 is 14.2 Å². The topological polar surface area (TPSA) is 73.7 Å². The van der Waals surface area contributed by atoms with E-state index in [0.29, 0.717) is 18.4 Å². The third-order valence-electron chi connectivity index (χ3n) is 6.54. The number of ether oxygens (including phenoxy) is 3. The number of aliphatic hydroxyl groups is 1. The molecular weight excluding hydrogens is 548 g/mol. The van der Waals surface area contributed by atoms with E-state index < -0.39 is 0 Å². The average Bonchev–Trinajstić information content (AvgIpc) is 3.06. The summed E-state index contributed by atoms with van der Waals surface area (Å²) in [5, 5.41) is 9.11. The van der Waals surface area contributed by atoms with Crippen LogP contribution in [-0.2, 0) is 13.2 Å². The van der Waals surface area contributed by atoms with Crippen LogP contribution in [0.3, 0.4) is 0 Å². The Morgan fingerprint density at radius 2 is 1.39 bits per heavy atom. The van der Waals surface area contributed by atoms with Crippen molar-refractivity contribution in [1.82, 2.24) is 9.97 Å². The Bertz CT molecular complexity index is 1460. The lowest BCUT2D eigenvalue weighted by molar-refractivity contribution is 0.265. The smallest absolute Gasteiger partial charge is 0.323 e. The normalized spacial score (nSPS) is 9.89. The van der Waals surface area contributed by atoms with Gasteiger partial charge in [0, 0.05) is 0 Å². The number of nitrogens with zero attached hydrogens (tertiary/aromatic N) is 2. The molecule has 0 radical (unpaired) electrons. The molecule has 0 bridgehead atoms. The van der Waals surface area contributed by atoms with Gasteiger partial charge in [0.1, 0.15) is 6.61 Å². The van der Waals surface area contributed by atoms with Crippen molar-refractivity contribution in [2.24, 2.45) is 0 Å². The summed E-state index contributed by atoms with van der Waals surface area (Å²) >= 11 is 0. The Morgan fingerprint density at radius 1 is 0.795 bits per heavy atom. The highest BCUT2D eigenvalue weighted by molar-refractivity contribution is 5.74. The fourth-order valence-corrected chi connectivity index (χ4v) is 4.26. The summed E-state index contributed by atoms with van der Waals surface area (Å²) in [5.41, 5.74) is 10.0. The number of rotatable bonds is 9. The van der Waals surface area contributed by atoms with Crippen molar-refractivity contribution in [2.75, 3.05) is 14.2 Å². The lowest BCUT2D eigenvalue weighted by atomic mass is 9.96. The molecule has 6 nitrogen and oxygen atoms in total. The average molecular weight is 599 g/mol. The molecule has 0 spiro atoms. The predicted octanol–water partition coefficient (Wildman–Crippen LogP) is 9.49. The zero-order chi connectivity index (χ0) is 33.1. The highest BCUT2D eigenvalue weighted by atomic mass is 16.5. The molecule has 236 valence electrons. The van der Waals surface area contributed by atoms with E-state index in [-0.39, 0.29) is 12.6 Å². The molecule has 1 aromatic heterocycles. The molecule has 3 aromatic carbocycles. The first kappa shape index (κ1) is 37.6. The standard InChI is InChI=1S/C21H22N2O3.C13H16O.2C2H6/c1-14-7-5-8-16(11-14)18-10-6-9-17(15(18)2)13-26-21-22-19(24-3)12-20(23-21)25-4;1-4-6-10(2)13-8-5-7-12(9-14)11(13)3;2*1-2/h5-12H,13H2,1-4H3;4-8,14H,2,9H2,1,3H3;2*1-2H3/b;6-4-;;. The first-order chi connectivity index (χ1) is 21.3. The summed E-state index contributed by atoms with van der Waals surface area (Å²) < 4.78 is 16.1. The molecule has 4 aromatic rings. The summed E-state index contributed by atoms with van der Waals surface area (Å²) in [6, 6.07) is 22.4. The third-order valence-corrected chi connectivity index (χ3v) is 6.54. The van der Waals surface area contributed by atoms with Gasteiger partial charge in [0.25, 0.3) is 0 Å². The van der Waals surface area contributed by atoms with Crippen LogP contribution in [0.15, 0.2) is 85.5 Å². The van der Waals surface area contributed by atoms with E-state index in [9.17, 15) is 0 Å². The summed E-state index contributed by atoms with van der Waals surface area (Å²) in [7, 11) is 3.09. The monoisotopic (exact) mass is 598 g/mol. The number of aliphatic hydroxyl groups excluding tert-OH is 1. The molecule has 0 atom stereocenters. The lowest BCUT2D eigenvalue weighted by Crippen LogP contribution is -2.04. The first-order valence-corrected chi connectivity index (χ1v) is 15.1. The number of allylic oxidation sites excluding steroid dienone is 3. The van der Waals surface area contributed by atoms with Gasteiger partial charge < -0.3 is 19.3 Å². The van der Waals surface area contributed by atoms with Gasteiger partial charge in [-0.05, 0) is 72.2 Å². The van der Waals surface area contributed by atoms with Crippen molar-refractivity contribution in [2.45, 2.75) is 68.6 Å². The van der Waals surface area contributed by atoms with Crippen LogP contribution in [0.1, 0.15) is 68.0 Å². The second-order valence-corrected chi connectivity index (χ2v) is 9.26. The number of aromatic nitrogens is 2. The van der Waals surface area contributed by atoms with Crippen LogP contribution in [0.4, 0.5) is 0 Å². The van der Waals surface area contributed by atoms with Crippen LogP contribution >= 0.6 is 0 Å². The van der Waals surface area contributed by atoms with Gasteiger partial charge in [0.2, 0.25) is 11.8 Å². The maximum Gasteiger partial charge on any atom is 0.323 e. The number of benzene rings is 3. The Labute approximate surface area is 265 Å². The minimum atomic E-state index is 0.0861. The van der Waals surface area contributed by atoms with Gasteiger partial charge in [0.05, 0.1) is 26.9 Å². The van der Waals surface area contributed by atoms with Gasteiger partial charge in [-0.25, -0.2) is 0 Å². The minimum Gasteiger partial charge on any atom is -0.481 e. The number of aryl methyl sites for hydroxylation is 1. The highest BCUT2D eigenvalue weighted by Crippen LogP contribution is 2.27. The molecule has 0 aliphatic heterocycles. The van der Waals surface area contributed by atoms with Gasteiger partial charge in [-0.2, -0.15) is 9.97 Å². The Balaban J connectivity index is 0.000000455. The van der Waals surface area contributed by atoms with E-state index in [4.69, 9.17) is 19.3 Å². The van der Waals surface area contributed by atoms with Crippen molar-refractivity contribution < 1.29 is 19.3 Å². The molecule has 0 unspecified atom stereocenters. The maximum atomic E-state index is 9.11. The fourth-order valence-electron chi connectivity index (χ4n) is 4.26. The van der Waals surface area contributed by atoms with Gasteiger partial charge in [-0.15, -0.1) is 0 Å². The van der Waals surface area contributed by atoms with Crippen LogP contribution in [0.25, 0.3) is 16.7 Å². The zero-order valence-electron chi connectivity index (χ0n) is 28.2. The van der Waals surface area contributed by atoms with Crippen molar-refractivity contribution in [3.05, 3.63) is 119 Å². The Morgan fingerprint density at radius 3 is 1.95 bits per heavy atom. The van der Waals surface area contributed by atoms with Crippen LogP contribution in [0.2, 0.25) is 0 Å². The van der Waals surface area contributed by atoms with Crippen molar-refractivity contribution in [1.29, 1.82) is 0 Å². The summed E-state index contributed by atoms with van der Waals surface area (Å²) in [5.74, 6) is 0.800. The van der Waals surface area contributed by atoms with Gasteiger partial charge in [-0.3, -0.25) is 0 Å². The second-order valence-electron chi connectivity index (χ2n) is 9.26. The molecule has 0 fully saturated rings. The molecule has 6 heteroatoms. The molecule has 4 rings (SSSR count). The molecule has 0 aliphatic carbocycles. The molecule has 1 N–H and O–H groups in total. The molecule has 0 amide bonds. The van der Waals surface area contributed by atoms with E-state index >= 15 is 0 Å². The fraction of sp³-hybridized carbons (Fsp3) is 0.316. The molecule has 0 saturated heterocycles. The molecule has 1 heterocycles. The number of hydrogen-bond donors (Lipinski definition) is 1. The van der Waals surface area contributed by atoms with E-state index in [1.807, 2.05) is 84.0 Å². The Kier molecular flexibility index (Phi) is 17.5. The van der Waals surface area contributed by atoms with Crippen molar-refractivity contribution in [3.63, 3.8) is 0 Å². The molecule has 0 saturated carbocycles. The maximum absolute atomic E-state index is 9.11. The van der Waals surface area contributed by atoms with Crippen LogP contribution in [0, 0.1) is 20.8 Å². The van der Waals surface area contributed by atoms with E-state index in [1.54, 1.807) is 20.3 Å². The molecular formula is C38H50N2O4. The largest absolute Gasteiger partial charge is 0.481 e. The SMILES string of the molecule is C=C(/C=C\C)c1cccc(CO)c1C.CC.CC.COc1cc(OC)nc(OCc2cccc(-c3cccc(C)c3)c2C)n1. The second kappa shape index (κ2) is 20.5. The summed E-state index contributed by atoms with van der Waals surface area (Å²) in [6.45, 7) is 20.6. The lowest BCUT2D eigenvalue weighted by Gasteiger charge is -2.13. The van der Waals surface area contributed by atoms with Gasteiger partial charge in [-0.1, -0.05) is 113 Å². The molecule has 0 aliphatic rings. The Hall–Kier alpha value is -4.42. The van der Waals surface area contributed by atoms with E-state index in [0.717, 1.165) is 27.8 Å². The van der Waals surface area contributed by atoms with Crippen LogP contribution in [-0.4, -0.2) is 29.3 Å². The zero-order valence-corrected chi connectivity index (χ0v) is 28.2. The number of methoxy groups -OCH3 is 2. The minimum absolute atomic E-state index is 0.0861. The first-order valence-electron chi connectivity index (χ1n) is 15.1. The highest BCUT2D eigenvalue weighted by Gasteiger charge is 2.10. The summed E-state index contributed by atoms with van der Waals surface area (Å²) in [4.78, 5) is 8.40.